The van der Waals surface area contributed by atoms with Crippen LogP contribution in [0.1, 0.15) is 64.7 Å². The minimum Gasteiger partial charge on any atom is -0.464 e. The second kappa shape index (κ2) is 14.2. The molecule has 0 aromatic carbocycles. The first-order valence-electron chi connectivity index (χ1n) is 10.4. The minimum absolute atomic E-state index is 0.0279. The molecular weight excluding hydrogens is 427 g/mol. The number of hydrogen-bond donors (Lipinski definition) is 0. The van der Waals surface area contributed by atoms with Gasteiger partial charge in [0.25, 0.3) is 0 Å². The first kappa shape index (κ1) is 29.1. The summed E-state index contributed by atoms with van der Waals surface area (Å²) in [7, 11) is 1.80. The molecule has 0 aromatic rings. The van der Waals surface area contributed by atoms with E-state index in [1.54, 1.807) is 0 Å². The van der Waals surface area contributed by atoms with E-state index in [1.165, 1.54) is 32.1 Å². The lowest BCUT2D eigenvalue weighted by molar-refractivity contribution is -0.273. The van der Waals surface area contributed by atoms with Crippen LogP contribution < -0.4 is 0 Å². The Labute approximate surface area is 180 Å². The second-order valence-corrected chi connectivity index (χ2v) is 7.53. The summed E-state index contributed by atoms with van der Waals surface area (Å²) >= 11 is 0. The van der Waals surface area contributed by atoms with Crippen molar-refractivity contribution in [3.05, 3.63) is 0 Å². The number of carbonyl (C=O) groups is 3. The molecule has 0 aliphatic heterocycles. The Hall–Kier alpha value is -1.94. The van der Waals surface area contributed by atoms with Gasteiger partial charge in [0.1, 0.15) is 6.54 Å². The third-order valence-corrected chi connectivity index (χ3v) is 4.65. The maximum absolute atomic E-state index is 13.0. The van der Waals surface area contributed by atoms with Crippen LogP contribution in [-0.2, 0) is 19.1 Å². The van der Waals surface area contributed by atoms with Crippen molar-refractivity contribution in [2.75, 3.05) is 33.8 Å². The molecule has 0 aromatic heterocycles. The van der Waals surface area contributed by atoms with E-state index < -0.39 is 43.0 Å². The zero-order valence-corrected chi connectivity index (χ0v) is 18.4. The topological polar surface area (TPSA) is 66.9 Å². The van der Waals surface area contributed by atoms with Gasteiger partial charge in [-0.3, -0.25) is 14.4 Å². The summed E-state index contributed by atoms with van der Waals surface area (Å²) in [6.45, 7) is 0.793. The Morgan fingerprint density at radius 2 is 1.23 bits per heavy atom. The molecule has 0 heterocycles. The first-order valence-corrected chi connectivity index (χ1v) is 10.4. The molecule has 0 atom stereocenters. The zero-order chi connectivity index (χ0) is 24.1. The smallest absolute Gasteiger partial charge is 0.463 e. The summed E-state index contributed by atoms with van der Waals surface area (Å²) in [6, 6.07) is 0. The van der Waals surface area contributed by atoms with Crippen molar-refractivity contribution in [3.63, 3.8) is 0 Å². The van der Waals surface area contributed by atoms with Crippen LogP contribution in [0.15, 0.2) is 0 Å². The molecule has 2 amide bonds. The number of likely N-dealkylation sites (N-methyl/N-ethyl adjacent to an activating group) is 2. The SMILES string of the molecule is CCCCCCCCCCCOC(=O)CN(C)C(=O)CN(C)C(=O)C(F)(F)C(F)(F)F. The summed E-state index contributed by atoms with van der Waals surface area (Å²) in [4.78, 5) is 35.7. The van der Waals surface area contributed by atoms with Crippen molar-refractivity contribution in [1.29, 1.82) is 0 Å². The van der Waals surface area contributed by atoms with Crippen LogP contribution in [-0.4, -0.2) is 73.5 Å². The van der Waals surface area contributed by atoms with Crippen LogP contribution in [0, 0.1) is 0 Å². The van der Waals surface area contributed by atoms with E-state index in [9.17, 15) is 36.3 Å². The molecular formula is C20H33F5N2O4. The number of amides is 2. The molecule has 0 bridgehead atoms. The van der Waals surface area contributed by atoms with Crippen LogP contribution >= 0.6 is 0 Å². The molecule has 0 aliphatic rings. The van der Waals surface area contributed by atoms with Crippen molar-refractivity contribution in [2.24, 2.45) is 0 Å². The average Bonchev–Trinajstić information content (AvgIpc) is 2.67. The predicted molar refractivity (Wildman–Crippen MR) is 104 cm³/mol. The van der Waals surface area contributed by atoms with Crippen molar-refractivity contribution in [2.45, 2.75) is 76.8 Å². The zero-order valence-electron chi connectivity index (χ0n) is 18.4. The minimum atomic E-state index is -6.06. The quantitative estimate of drug-likeness (QED) is 0.209. The number of rotatable bonds is 15. The van der Waals surface area contributed by atoms with Gasteiger partial charge in [-0.2, -0.15) is 22.0 Å². The molecule has 6 nitrogen and oxygen atoms in total. The van der Waals surface area contributed by atoms with E-state index in [-0.39, 0.29) is 11.5 Å². The van der Waals surface area contributed by atoms with Gasteiger partial charge in [-0.1, -0.05) is 58.3 Å². The van der Waals surface area contributed by atoms with Crippen LogP contribution in [0.3, 0.4) is 0 Å². The molecule has 31 heavy (non-hydrogen) atoms. The van der Waals surface area contributed by atoms with Crippen molar-refractivity contribution in [1.82, 2.24) is 9.80 Å². The van der Waals surface area contributed by atoms with Crippen LogP contribution in [0.4, 0.5) is 22.0 Å². The van der Waals surface area contributed by atoms with Gasteiger partial charge in [-0.15, -0.1) is 0 Å². The number of esters is 1. The lowest BCUT2D eigenvalue weighted by Crippen LogP contribution is -2.53. The van der Waals surface area contributed by atoms with Crippen LogP contribution in [0.2, 0.25) is 0 Å². The first-order chi connectivity index (χ1) is 14.3. The molecule has 0 radical (unpaired) electrons. The van der Waals surface area contributed by atoms with Crippen molar-refractivity contribution < 1.29 is 41.1 Å². The number of carbonyl (C=O) groups excluding carboxylic acids is 3. The standard InChI is InChI=1S/C20H33F5N2O4/c1-4-5-6-7-8-9-10-11-12-13-31-17(29)15-26(2)16(28)14-27(3)18(30)19(21,22)20(23,24)25/h4-15H2,1-3H3. The monoisotopic (exact) mass is 460 g/mol. The van der Waals surface area contributed by atoms with Gasteiger partial charge in [0.15, 0.2) is 0 Å². The number of hydrogen-bond acceptors (Lipinski definition) is 4. The molecule has 0 fully saturated rings. The number of unbranched alkanes of at least 4 members (excludes halogenated alkanes) is 8. The van der Waals surface area contributed by atoms with E-state index >= 15 is 0 Å². The fourth-order valence-electron chi connectivity index (χ4n) is 2.68. The molecule has 11 heteroatoms. The van der Waals surface area contributed by atoms with Gasteiger partial charge in [0, 0.05) is 14.1 Å². The molecule has 0 unspecified atom stereocenters. The lowest BCUT2D eigenvalue weighted by Gasteiger charge is -2.26. The summed E-state index contributed by atoms with van der Waals surface area (Å²) in [5, 5.41) is 0. The second-order valence-electron chi connectivity index (χ2n) is 7.53. The highest BCUT2D eigenvalue weighted by atomic mass is 19.4. The molecule has 0 rings (SSSR count). The van der Waals surface area contributed by atoms with E-state index in [2.05, 4.69) is 6.92 Å². The van der Waals surface area contributed by atoms with Crippen molar-refractivity contribution in [3.8, 4) is 0 Å². The maximum Gasteiger partial charge on any atom is 0.463 e. The summed E-state index contributed by atoms with van der Waals surface area (Å²) in [6.07, 6.45) is 3.75. The van der Waals surface area contributed by atoms with Gasteiger partial charge in [-0.25, -0.2) is 0 Å². The summed E-state index contributed by atoms with van der Waals surface area (Å²) in [5.74, 6) is -9.86. The fourth-order valence-corrected chi connectivity index (χ4v) is 2.68. The van der Waals surface area contributed by atoms with Gasteiger partial charge < -0.3 is 14.5 Å². The normalized spacial score (nSPS) is 11.9. The third kappa shape index (κ3) is 11.3. The number of alkyl halides is 5. The highest BCUT2D eigenvalue weighted by Crippen LogP contribution is 2.36. The Morgan fingerprint density at radius 1 is 0.742 bits per heavy atom. The highest BCUT2D eigenvalue weighted by Gasteiger charge is 2.64. The Kier molecular flexibility index (Phi) is 13.3. The Morgan fingerprint density at radius 3 is 1.71 bits per heavy atom. The summed E-state index contributed by atoms with van der Waals surface area (Å²) < 4.78 is 67.8. The molecule has 0 N–H and O–H groups in total. The maximum atomic E-state index is 13.0. The molecule has 0 saturated heterocycles. The van der Waals surface area contributed by atoms with E-state index in [0.717, 1.165) is 31.2 Å². The van der Waals surface area contributed by atoms with E-state index in [0.29, 0.717) is 13.5 Å². The lowest BCUT2D eigenvalue weighted by atomic mass is 10.1. The molecule has 0 spiro atoms. The number of halogens is 5. The predicted octanol–water partition coefficient (Wildman–Crippen LogP) is 4.17. The third-order valence-electron chi connectivity index (χ3n) is 4.65. The van der Waals surface area contributed by atoms with Crippen molar-refractivity contribution >= 4 is 17.8 Å². The van der Waals surface area contributed by atoms with Gasteiger partial charge in [0.05, 0.1) is 13.2 Å². The highest BCUT2D eigenvalue weighted by molar-refractivity contribution is 5.89. The van der Waals surface area contributed by atoms with E-state index in [1.807, 2.05) is 0 Å². The Bertz CT molecular complexity index is 570. The number of ether oxygens (including phenoxy) is 1. The number of nitrogens with zero attached hydrogens (tertiary/aromatic N) is 2. The van der Waals surface area contributed by atoms with Crippen LogP contribution in [0.5, 0.6) is 0 Å². The molecule has 182 valence electrons. The van der Waals surface area contributed by atoms with E-state index in [4.69, 9.17) is 4.74 Å². The molecule has 0 saturated carbocycles. The largest absolute Gasteiger partial charge is 0.464 e. The van der Waals surface area contributed by atoms with Gasteiger partial charge in [0.2, 0.25) is 5.91 Å². The van der Waals surface area contributed by atoms with Gasteiger partial charge >= 0.3 is 24.0 Å². The average molecular weight is 460 g/mol. The Balaban J connectivity index is 4.11. The summed E-state index contributed by atoms with van der Waals surface area (Å²) in [5.41, 5.74) is 0. The fraction of sp³-hybridized carbons (Fsp3) is 0.850. The van der Waals surface area contributed by atoms with Crippen LogP contribution in [0.25, 0.3) is 0 Å². The molecule has 0 aliphatic carbocycles. The van der Waals surface area contributed by atoms with Gasteiger partial charge in [-0.05, 0) is 6.42 Å².